The van der Waals surface area contributed by atoms with E-state index < -0.39 is 12.1 Å². The summed E-state index contributed by atoms with van der Waals surface area (Å²) in [6.45, 7) is 4.20. The van der Waals surface area contributed by atoms with Gasteiger partial charge in [0.2, 0.25) is 0 Å². The van der Waals surface area contributed by atoms with Gasteiger partial charge in [0.25, 0.3) is 5.91 Å². The molecule has 1 N–H and O–H groups in total. The Labute approximate surface area is 237 Å². The molecule has 2 unspecified atom stereocenters. The molecule has 11 heteroatoms. The van der Waals surface area contributed by atoms with Crippen LogP contribution in [0.15, 0.2) is 36.7 Å². The number of benzene rings is 1. The molecule has 218 valence electrons. The number of aromatic nitrogens is 4. The number of carbonyl (C=O) groups excluding carboxylic acids is 1. The van der Waals surface area contributed by atoms with Gasteiger partial charge in [0, 0.05) is 43.4 Å². The van der Waals surface area contributed by atoms with Crippen LogP contribution in [0.4, 0.5) is 18.9 Å². The summed E-state index contributed by atoms with van der Waals surface area (Å²) in [4.78, 5) is 20.1. The van der Waals surface area contributed by atoms with E-state index in [9.17, 15) is 18.0 Å². The van der Waals surface area contributed by atoms with E-state index in [2.05, 4.69) is 22.4 Å². The lowest BCUT2D eigenvalue weighted by atomic mass is 9.75. The molecule has 4 heterocycles. The Morgan fingerprint density at radius 3 is 2.76 bits per heavy atom. The van der Waals surface area contributed by atoms with Crippen LogP contribution in [0.25, 0.3) is 0 Å². The smallest absolute Gasteiger partial charge is 0.379 e. The molecule has 0 spiro atoms. The van der Waals surface area contributed by atoms with Gasteiger partial charge in [0.05, 0.1) is 19.1 Å². The monoisotopic (exact) mass is 568 g/mol. The number of fused-ring (bicyclic) bond motifs is 1. The van der Waals surface area contributed by atoms with Crippen LogP contribution in [-0.4, -0.2) is 63.0 Å². The van der Waals surface area contributed by atoms with Crippen molar-refractivity contribution in [2.75, 3.05) is 31.6 Å². The van der Waals surface area contributed by atoms with Crippen molar-refractivity contribution in [1.29, 1.82) is 0 Å². The highest BCUT2D eigenvalue weighted by molar-refractivity contribution is 6.03. The van der Waals surface area contributed by atoms with Gasteiger partial charge in [0.15, 0.2) is 0 Å². The highest BCUT2D eigenvalue weighted by Gasteiger charge is 2.43. The van der Waals surface area contributed by atoms with Crippen LogP contribution >= 0.6 is 0 Å². The number of pyridine rings is 1. The zero-order valence-corrected chi connectivity index (χ0v) is 23.4. The second-order valence-corrected chi connectivity index (χ2v) is 11.9. The highest BCUT2D eigenvalue weighted by Crippen LogP contribution is 2.38. The first kappa shape index (κ1) is 27.8. The van der Waals surface area contributed by atoms with E-state index in [0.717, 1.165) is 41.1 Å². The molecule has 0 radical (unpaired) electrons. The highest BCUT2D eigenvalue weighted by atomic mass is 19.4. The number of alkyl halides is 3. The molecule has 3 aromatic rings. The molecule has 2 atom stereocenters. The van der Waals surface area contributed by atoms with Crippen LogP contribution in [0.1, 0.15) is 70.8 Å². The SMILES string of the molecule is CC1CCc2c(CN3CCCC(C(F)(F)F)C3)cc(C(=O)Nc3cccc(C4(Cc5nncn5C)COC4)c3)nc21. The van der Waals surface area contributed by atoms with E-state index >= 15 is 0 Å². The maximum atomic E-state index is 13.5. The van der Waals surface area contributed by atoms with E-state index in [1.807, 2.05) is 40.8 Å². The summed E-state index contributed by atoms with van der Waals surface area (Å²) in [6.07, 6.45) is 0.590. The topological polar surface area (TPSA) is 85.2 Å². The minimum absolute atomic E-state index is 0.00965. The third-order valence-electron chi connectivity index (χ3n) is 8.93. The molecule has 2 saturated heterocycles. The van der Waals surface area contributed by atoms with Crippen LogP contribution in [-0.2, 0) is 36.6 Å². The fraction of sp³-hybridized carbons (Fsp3) is 0.533. The standard InChI is InChI=1S/C30H35F3N6O2/c1-19-8-9-24-20(14-39-10-4-6-22(15-39)30(31,32)33)11-25(36-27(19)24)28(40)35-23-7-3-5-21(12-23)29(16-41-17-29)13-26-37-34-18-38(26)2/h3,5,7,11-12,18-19,22H,4,6,8-10,13-17H2,1-2H3,(H,35,40). The molecular formula is C30H35F3N6O2. The zero-order valence-electron chi connectivity index (χ0n) is 23.4. The van der Waals surface area contributed by atoms with Crippen molar-refractivity contribution >= 4 is 11.6 Å². The van der Waals surface area contributed by atoms with Crippen molar-refractivity contribution in [3.05, 3.63) is 70.6 Å². The van der Waals surface area contributed by atoms with Gasteiger partial charge in [-0.15, -0.1) is 10.2 Å². The molecule has 2 aliphatic heterocycles. The Morgan fingerprint density at radius 2 is 2.05 bits per heavy atom. The van der Waals surface area contributed by atoms with Gasteiger partial charge in [-0.1, -0.05) is 19.1 Å². The molecule has 0 saturated carbocycles. The second-order valence-electron chi connectivity index (χ2n) is 11.9. The zero-order chi connectivity index (χ0) is 28.8. The summed E-state index contributed by atoms with van der Waals surface area (Å²) in [6, 6.07) is 9.55. The first-order chi connectivity index (χ1) is 19.6. The van der Waals surface area contributed by atoms with Crippen molar-refractivity contribution in [3.8, 4) is 0 Å². The summed E-state index contributed by atoms with van der Waals surface area (Å²) in [7, 11) is 1.91. The molecule has 1 aliphatic carbocycles. The first-order valence-electron chi connectivity index (χ1n) is 14.3. The van der Waals surface area contributed by atoms with Gasteiger partial charge in [-0.3, -0.25) is 9.69 Å². The van der Waals surface area contributed by atoms with E-state index in [1.165, 1.54) is 0 Å². The third kappa shape index (κ3) is 5.61. The average molecular weight is 569 g/mol. The number of aryl methyl sites for hydroxylation is 1. The van der Waals surface area contributed by atoms with Crippen molar-refractivity contribution in [1.82, 2.24) is 24.6 Å². The van der Waals surface area contributed by atoms with Gasteiger partial charge >= 0.3 is 6.18 Å². The van der Waals surface area contributed by atoms with Crippen LogP contribution in [0.5, 0.6) is 0 Å². The first-order valence-corrected chi connectivity index (χ1v) is 14.3. The Balaban J connectivity index is 1.22. The fourth-order valence-electron chi connectivity index (χ4n) is 6.42. The average Bonchev–Trinajstić information content (AvgIpc) is 3.50. The van der Waals surface area contributed by atoms with Crippen LogP contribution < -0.4 is 5.32 Å². The van der Waals surface area contributed by atoms with E-state index in [0.29, 0.717) is 50.5 Å². The number of halogens is 3. The second kappa shape index (κ2) is 10.8. The maximum Gasteiger partial charge on any atom is 0.393 e. The number of nitrogens with one attached hydrogen (secondary N) is 1. The van der Waals surface area contributed by atoms with Crippen molar-refractivity contribution in [3.63, 3.8) is 0 Å². The molecular weight excluding hydrogens is 533 g/mol. The van der Waals surface area contributed by atoms with Crippen molar-refractivity contribution in [2.45, 2.75) is 63.1 Å². The molecule has 0 bridgehead atoms. The number of rotatable bonds is 7. The maximum absolute atomic E-state index is 13.5. The molecule has 1 aromatic carbocycles. The molecule has 3 aliphatic rings. The lowest BCUT2D eigenvalue weighted by Crippen LogP contribution is -2.49. The van der Waals surface area contributed by atoms with E-state index in [-0.39, 0.29) is 30.2 Å². The van der Waals surface area contributed by atoms with Gasteiger partial charge in [-0.05, 0) is 73.0 Å². The number of hydrogen-bond donors (Lipinski definition) is 1. The fourth-order valence-corrected chi connectivity index (χ4v) is 6.42. The van der Waals surface area contributed by atoms with E-state index in [1.54, 1.807) is 12.4 Å². The van der Waals surface area contributed by atoms with Gasteiger partial charge < -0.3 is 14.6 Å². The summed E-state index contributed by atoms with van der Waals surface area (Å²) in [5.74, 6) is -0.576. The predicted octanol–water partition coefficient (Wildman–Crippen LogP) is 4.80. The number of ether oxygens (including phenoxy) is 1. The molecule has 2 aromatic heterocycles. The summed E-state index contributed by atoms with van der Waals surface area (Å²) in [5, 5.41) is 11.2. The summed E-state index contributed by atoms with van der Waals surface area (Å²) in [5.41, 5.74) is 4.63. The molecule has 6 rings (SSSR count). The van der Waals surface area contributed by atoms with Gasteiger partial charge in [-0.25, -0.2) is 4.98 Å². The third-order valence-corrected chi connectivity index (χ3v) is 8.93. The molecule has 1 amide bonds. The Kier molecular flexibility index (Phi) is 7.35. The van der Waals surface area contributed by atoms with Gasteiger partial charge in [0.1, 0.15) is 17.8 Å². The number of amides is 1. The van der Waals surface area contributed by atoms with Crippen molar-refractivity contribution < 1.29 is 22.7 Å². The Hall–Kier alpha value is -3.31. The van der Waals surface area contributed by atoms with Crippen LogP contribution in [0.3, 0.4) is 0 Å². The number of piperidine rings is 1. The van der Waals surface area contributed by atoms with Gasteiger partial charge in [-0.2, -0.15) is 13.2 Å². The Morgan fingerprint density at radius 1 is 1.22 bits per heavy atom. The Bertz CT molecular complexity index is 1430. The minimum atomic E-state index is -4.19. The lowest BCUT2D eigenvalue weighted by molar-refractivity contribution is -0.187. The largest absolute Gasteiger partial charge is 0.393 e. The molecule has 8 nitrogen and oxygen atoms in total. The number of nitrogens with zero attached hydrogens (tertiary/aromatic N) is 5. The number of anilines is 1. The van der Waals surface area contributed by atoms with E-state index in [4.69, 9.17) is 9.72 Å². The molecule has 2 fully saturated rings. The number of likely N-dealkylation sites (tertiary alicyclic amines) is 1. The predicted molar refractivity (Wildman–Crippen MR) is 147 cm³/mol. The number of hydrogen-bond acceptors (Lipinski definition) is 6. The van der Waals surface area contributed by atoms with Crippen molar-refractivity contribution in [2.24, 2.45) is 13.0 Å². The van der Waals surface area contributed by atoms with Crippen LogP contribution in [0.2, 0.25) is 0 Å². The summed E-state index contributed by atoms with van der Waals surface area (Å²) < 4.78 is 47.8. The number of carbonyl (C=O) groups is 1. The molecule has 41 heavy (non-hydrogen) atoms. The quantitative estimate of drug-likeness (QED) is 0.441. The minimum Gasteiger partial charge on any atom is -0.379 e. The normalized spacial score (nSPS) is 22.3. The summed E-state index contributed by atoms with van der Waals surface area (Å²) >= 11 is 0. The lowest BCUT2D eigenvalue weighted by Gasteiger charge is -2.41. The van der Waals surface area contributed by atoms with Crippen LogP contribution in [0, 0.1) is 5.92 Å².